The van der Waals surface area contributed by atoms with Crippen LogP contribution in [0.15, 0.2) is 39.5 Å². The first kappa shape index (κ1) is 13.9. The normalized spacial score (nSPS) is 15.2. The summed E-state index contributed by atoms with van der Waals surface area (Å²) in [6.45, 7) is -0.927. The summed E-state index contributed by atoms with van der Waals surface area (Å²) in [5, 5.41) is 8.69. The summed E-state index contributed by atoms with van der Waals surface area (Å²) in [5.41, 5.74) is 0.639. The Kier molecular flexibility index (Phi) is 5.26. The van der Waals surface area contributed by atoms with Crippen molar-refractivity contribution in [2.24, 2.45) is 15.2 Å². The van der Waals surface area contributed by atoms with Crippen LogP contribution in [0, 0.1) is 0 Å². The lowest BCUT2D eigenvalue weighted by Gasteiger charge is -2.12. The van der Waals surface area contributed by atoms with Gasteiger partial charge in [0.15, 0.2) is 6.10 Å². The largest absolute Gasteiger partial charge is 0.485 e. The van der Waals surface area contributed by atoms with E-state index >= 15 is 0 Å². The van der Waals surface area contributed by atoms with Gasteiger partial charge in [0.05, 0.1) is 12.2 Å². The molecule has 0 fully saturated rings. The van der Waals surface area contributed by atoms with Crippen LogP contribution in [0.3, 0.4) is 0 Å². The molecular formula is C12H13F2N3OS. The quantitative estimate of drug-likeness (QED) is 0.776. The van der Waals surface area contributed by atoms with Crippen LogP contribution in [0.5, 0.6) is 5.75 Å². The smallest absolute Gasteiger partial charge is 0.204 e. The second kappa shape index (κ2) is 7.18. The van der Waals surface area contributed by atoms with Gasteiger partial charge in [0.2, 0.25) is 5.17 Å². The van der Waals surface area contributed by atoms with Gasteiger partial charge in [-0.15, -0.1) is 10.2 Å². The third-order valence-electron chi connectivity index (χ3n) is 2.30. The lowest BCUT2D eigenvalue weighted by molar-refractivity contribution is 0.133. The Hall–Kier alpha value is -1.50. The monoisotopic (exact) mass is 285 g/mol. The number of hydrogen-bond acceptors (Lipinski definition) is 5. The number of aliphatic imine (C=N–C) groups is 1. The van der Waals surface area contributed by atoms with Gasteiger partial charge < -0.3 is 4.74 Å². The van der Waals surface area contributed by atoms with E-state index in [4.69, 9.17) is 4.74 Å². The molecule has 1 aliphatic rings. The van der Waals surface area contributed by atoms with Crippen LogP contribution in [0.2, 0.25) is 0 Å². The SMILES string of the molecule is FCC(CF)Oc1ccc(N=NC2=NCCS2)cc1. The Labute approximate surface area is 114 Å². The minimum Gasteiger partial charge on any atom is -0.485 e. The van der Waals surface area contributed by atoms with Crippen LogP contribution in [0.4, 0.5) is 14.5 Å². The molecule has 0 saturated heterocycles. The lowest BCUT2D eigenvalue weighted by Crippen LogP contribution is -2.20. The van der Waals surface area contributed by atoms with Gasteiger partial charge in [-0.25, -0.2) is 8.78 Å². The molecule has 1 aromatic carbocycles. The molecule has 1 heterocycles. The number of benzene rings is 1. The van der Waals surface area contributed by atoms with E-state index in [-0.39, 0.29) is 0 Å². The predicted molar refractivity (Wildman–Crippen MR) is 72.1 cm³/mol. The standard InChI is InChI=1S/C12H13F2N3OS/c13-7-11(8-14)18-10-3-1-9(2-4-10)16-17-12-15-5-6-19-12/h1-4,11H,5-8H2. The highest BCUT2D eigenvalue weighted by molar-refractivity contribution is 8.14. The summed E-state index contributed by atoms with van der Waals surface area (Å²) in [4.78, 5) is 4.14. The van der Waals surface area contributed by atoms with Crippen molar-refractivity contribution in [3.8, 4) is 5.75 Å². The fraction of sp³-hybridized carbons (Fsp3) is 0.417. The van der Waals surface area contributed by atoms with Gasteiger partial charge in [-0.2, -0.15) is 0 Å². The zero-order valence-corrected chi connectivity index (χ0v) is 10.9. The first-order valence-electron chi connectivity index (χ1n) is 5.79. The number of nitrogens with zero attached hydrogens (tertiary/aromatic N) is 3. The molecule has 1 aromatic rings. The molecule has 0 aromatic heterocycles. The third-order valence-corrected chi connectivity index (χ3v) is 3.16. The number of rotatable bonds is 5. The van der Waals surface area contributed by atoms with Crippen LogP contribution in [0.1, 0.15) is 0 Å². The van der Waals surface area contributed by atoms with Gasteiger partial charge in [-0.1, -0.05) is 11.8 Å². The molecular weight excluding hydrogens is 272 g/mol. The topological polar surface area (TPSA) is 46.3 Å². The van der Waals surface area contributed by atoms with Crippen LogP contribution < -0.4 is 4.74 Å². The highest BCUT2D eigenvalue weighted by Crippen LogP contribution is 2.21. The number of amidine groups is 1. The fourth-order valence-corrected chi connectivity index (χ4v) is 2.02. The molecule has 4 nitrogen and oxygen atoms in total. The lowest BCUT2D eigenvalue weighted by atomic mass is 10.3. The van der Waals surface area contributed by atoms with E-state index in [0.29, 0.717) is 16.6 Å². The first-order chi connectivity index (χ1) is 9.31. The maximum Gasteiger partial charge on any atom is 0.204 e. The number of halogens is 2. The van der Waals surface area contributed by atoms with Crippen LogP contribution in [0.25, 0.3) is 0 Å². The van der Waals surface area contributed by atoms with E-state index in [1.165, 1.54) is 0 Å². The molecule has 0 N–H and O–H groups in total. The van der Waals surface area contributed by atoms with E-state index < -0.39 is 19.5 Å². The van der Waals surface area contributed by atoms with Crippen molar-refractivity contribution in [2.45, 2.75) is 6.10 Å². The zero-order valence-electron chi connectivity index (χ0n) is 10.1. The number of hydrogen-bond donors (Lipinski definition) is 0. The molecule has 1 aliphatic heterocycles. The summed E-state index contributed by atoms with van der Waals surface area (Å²) in [6.07, 6.45) is -1.04. The van der Waals surface area contributed by atoms with Crippen molar-refractivity contribution in [3.05, 3.63) is 24.3 Å². The summed E-state index contributed by atoms with van der Waals surface area (Å²) in [7, 11) is 0. The van der Waals surface area contributed by atoms with Crippen molar-refractivity contribution in [1.29, 1.82) is 0 Å². The highest BCUT2D eigenvalue weighted by atomic mass is 32.2. The first-order valence-corrected chi connectivity index (χ1v) is 6.78. The number of ether oxygens (including phenoxy) is 1. The molecule has 0 unspecified atom stereocenters. The molecule has 0 atom stereocenters. The number of azo groups is 1. The fourth-order valence-electron chi connectivity index (χ4n) is 1.37. The van der Waals surface area contributed by atoms with Gasteiger partial charge >= 0.3 is 0 Å². The zero-order chi connectivity index (χ0) is 13.5. The molecule has 0 radical (unpaired) electrons. The van der Waals surface area contributed by atoms with E-state index in [2.05, 4.69) is 15.2 Å². The van der Waals surface area contributed by atoms with Gasteiger partial charge in [0, 0.05) is 5.75 Å². The summed E-state index contributed by atoms with van der Waals surface area (Å²) >= 11 is 1.56. The summed E-state index contributed by atoms with van der Waals surface area (Å²) < 4.78 is 29.7. The summed E-state index contributed by atoms with van der Waals surface area (Å²) in [5.74, 6) is 1.35. The van der Waals surface area contributed by atoms with Crippen molar-refractivity contribution in [1.82, 2.24) is 0 Å². The summed E-state index contributed by atoms with van der Waals surface area (Å²) in [6, 6.07) is 6.56. The van der Waals surface area contributed by atoms with Gasteiger partial charge in [0.25, 0.3) is 0 Å². The Morgan fingerprint density at radius 2 is 1.95 bits per heavy atom. The molecule has 102 valence electrons. The van der Waals surface area contributed by atoms with Crippen LogP contribution in [-0.4, -0.2) is 36.9 Å². The van der Waals surface area contributed by atoms with Crippen molar-refractivity contribution in [3.63, 3.8) is 0 Å². The molecule has 0 bridgehead atoms. The highest BCUT2D eigenvalue weighted by Gasteiger charge is 2.09. The van der Waals surface area contributed by atoms with Crippen molar-refractivity contribution < 1.29 is 13.5 Å². The molecule has 0 saturated carbocycles. The molecule has 0 aliphatic carbocycles. The van der Waals surface area contributed by atoms with Gasteiger partial charge in [-0.3, -0.25) is 4.99 Å². The third kappa shape index (κ3) is 4.27. The second-order valence-electron chi connectivity index (χ2n) is 3.76. The Balaban J connectivity index is 1.94. The van der Waals surface area contributed by atoms with Crippen molar-refractivity contribution >= 4 is 22.6 Å². The van der Waals surface area contributed by atoms with E-state index in [0.717, 1.165) is 12.3 Å². The maximum absolute atomic E-state index is 12.3. The Morgan fingerprint density at radius 3 is 2.53 bits per heavy atom. The average Bonchev–Trinajstić information content (AvgIpc) is 2.97. The number of thioether (sulfide) groups is 1. The molecule has 7 heteroatoms. The average molecular weight is 285 g/mol. The minimum absolute atomic E-state index is 0.409. The van der Waals surface area contributed by atoms with E-state index in [9.17, 15) is 8.78 Å². The molecule has 19 heavy (non-hydrogen) atoms. The van der Waals surface area contributed by atoms with Gasteiger partial charge in [-0.05, 0) is 24.3 Å². The minimum atomic E-state index is -1.04. The van der Waals surface area contributed by atoms with Crippen molar-refractivity contribution in [2.75, 3.05) is 25.6 Å². The molecule has 0 spiro atoms. The molecule has 2 rings (SSSR count). The Bertz CT molecular complexity index is 461. The van der Waals surface area contributed by atoms with Crippen LogP contribution >= 0.6 is 11.8 Å². The van der Waals surface area contributed by atoms with Crippen LogP contribution in [-0.2, 0) is 0 Å². The molecule has 0 amide bonds. The maximum atomic E-state index is 12.3. The number of alkyl halides is 2. The Morgan fingerprint density at radius 1 is 1.21 bits per heavy atom. The second-order valence-corrected chi connectivity index (χ2v) is 4.82. The van der Waals surface area contributed by atoms with Gasteiger partial charge in [0.1, 0.15) is 19.1 Å². The predicted octanol–water partition coefficient (Wildman–Crippen LogP) is 3.56. The van der Waals surface area contributed by atoms with E-state index in [1.54, 1.807) is 36.0 Å². The van der Waals surface area contributed by atoms with E-state index in [1.807, 2.05) is 0 Å².